The van der Waals surface area contributed by atoms with Crippen molar-refractivity contribution in [2.75, 3.05) is 13.7 Å². The molecule has 1 aliphatic rings. The molecule has 0 unspecified atom stereocenters. The van der Waals surface area contributed by atoms with Crippen LogP contribution in [0.5, 0.6) is 0 Å². The van der Waals surface area contributed by atoms with E-state index in [0.29, 0.717) is 5.90 Å². The van der Waals surface area contributed by atoms with E-state index in [2.05, 4.69) is 4.99 Å². The van der Waals surface area contributed by atoms with E-state index in [9.17, 15) is 0 Å². The molecule has 0 spiro atoms. The molecule has 0 bridgehead atoms. The maximum absolute atomic E-state index is 5.35. The summed E-state index contributed by atoms with van der Waals surface area (Å²) in [5.41, 5.74) is 6.37. The Hall–Kier alpha value is -0.990. The minimum atomic E-state index is 0.703. The Labute approximate surface area is 60.6 Å². The van der Waals surface area contributed by atoms with E-state index in [1.165, 1.54) is 0 Å². The van der Waals surface area contributed by atoms with Crippen molar-refractivity contribution in [1.29, 1.82) is 0 Å². The van der Waals surface area contributed by atoms with Crippen LogP contribution in [-0.2, 0) is 4.74 Å². The summed E-state index contributed by atoms with van der Waals surface area (Å²) in [7, 11) is 1.71. The van der Waals surface area contributed by atoms with Crippen LogP contribution >= 0.6 is 0 Å². The van der Waals surface area contributed by atoms with Gasteiger partial charge in [-0.25, -0.2) is 0 Å². The molecule has 0 aliphatic carbocycles. The number of rotatable bonds is 0. The predicted molar refractivity (Wildman–Crippen MR) is 40.8 cm³/mol. The topological polar surface area (TPSA) is 47.6 Å². The first kappa shape index (κ1) is 7.12. The van der Waals surface area contributed by atoms with Gasteiger partial charge in [-0.15, -0.1) is 0 Å². The van der Waals surface area contributed by atoms with Crippen LogP contribution in [0.2, 0.25) is 0 Å². The van der Waals surface area contributed by atoms with Crippen LogP contribution in [0, 0.1) is 0 Å². The Kier molecular flexibility index (Phi) is 2.31. The van der Waals surface area contributed by atoms with E-state index >= 15 is 0 Å². The van der Waals surface area contributed by atoms with Crippen LogP contribution in [-0.4, -0.2) is 19.6 Å². The lowest BCUT2D eigenvalue weighted by molar-refractivity contribution is 0.280. The van der Waals surface area contributed by atoms with Crippen molar-refractivity contribution in [3.63, 3.8) is 0 Å². The minimum absolute atomic E-state index is 0.703. The van der Waals surface area contributed by atoms with Crippen LogP contribution in [0.3, 0.4) is 0 Å². The Morgan fingerprint density at radius 2 is 2.50 bits per heavy atom. The molecule has 56 valence electrons. The van der Waals surface area contributed by atoms with E-state index in [1.54, 1.807) is 13.2 Å². The molecule has 1 aliphatic heterocycles. The van der Waals surface area contributed by atoms with Gasteiger partial charge >= 0.3 is 0 Å². The van der Waals surface area contributed by atoms with Gasteiger partial charge in [-0.2, -0.15) is 0 Å². The fourth-order valence-corrected chi connectivity index (χ4v) is 0.994. The van der Waals surface area contributed by atoms with Gasteiger partial charge in [-0.1, -0.05) is 0 Å². The number of hydrogen-bond donors (Lipinski definition) is 1. The summed E-state index contributed by atoms with van der Waals surface area (Å²) in [5.74, 6) is 0.703. The Balaban J connectivity index is 2.69. The van der Waals surface area contributed by atoms with E-state index in [0.717, 1.165) is 25.0 Å². The third kappa shape index (κ3) is 1.29. The zero-order valence-electron chi connectivity index (χ0n) is 6.13. The molecule has 0 amide bonds. The van der Waals surface area contributed by atoms with Gasteiger partial charge in [0.05, 0.1) is 6.61 Å². The van der Waals surface area contributed by atoms with E-state index in [1.807, 2.05) is 0 Å². The van der Waals surface area contributed by atoms with E-state index in [4.69, 9.17) is 10.5 Å². The van der Waals surface area contributed by atoms with Crippen molar-refractivity contribution in [2.45, 2.75) is 12.8 Å². The molecule has 2 N–H and O–H groups in total. The summed E-state index contributed by atoms with van der Waals surface area (Å²) in [6.07, 6.45) is 3.60. The third-order valence-electron chi connectivity index (χ3n) is 1.51. The van der Waals surface area contributed by atoms with Gasteiger partial charge in [0, 0.05) is 18.8 Å². The average Bonchev–Trinajstić information content (AvgIpc) is 2.04. The maximum Gasteiger partial charge on any atom is 0.213 e. The number of ether oxygens (including phenoxy) is 1. The van der Waals surface area contributed by atoms with Crippen LogP contribution in [0.1, 0.15) is 12.8 Å². The third-order valence-corrected chi connectivity index (χ3v) is 1.51. The summed E-state index contributed by atoms with van der Waals surface area (Å²) in [6, 6.07) is 0. The van der Waals surface area contributed by atoms with Gasteiger partial charge in [-0.05, 0) is 12.8 Å². The number of aliphatic imine (C=N–C) groups is 1. The molecule has 0 aromatic carbocycles. The highest BCUT2D eigenvalue weighted by molar-refractivity contribution is 5.93. The van der Waals surface area contributed by atoms with Crippen molar-refractivity contribution in [2.24, 2.45) is 10.7 Å². The quantitative estimate of drug-likeness (QED) is 0.537. The molecule has 0 aromatic heterocycles. The first-order valence-electron chi connectivity index (χ1n) is 3.39. The molecule has 1 fully saturated rings. The van der Waals surface area contributed by atoms with E-state index < -0.39 is 0 Å². The molecule has 3 heteroatoms. The van der Waals surface area contributed by atoms with Gasteiger partial charge in [0.2, 0.25) is 5.90 Å². The Morgan fingerprint density at radius 1 is 1.70 bits per heavy atom. The second-order valence-corrected chi connectivity index (χ2v) is 2.17. The van der Waals surface area contributed by atoms with Gasteiger partial charge in [0.1, 0.15) is 0 Å². The molecule has 10 heavy (non-hydrogen) atoms. The van der Waals surface area contributed by atoms with Crippen molar-refractivity contribution >= 4 is 5.90 Å². The van der Waals surface area contributed by atoms with Gasteiger partial charge in [0.25, 0.3) is 0 Å². The van der Waals surface area contributed by atoms with Crippen LogP contribution in [0.25, 0.3) is 0 Å². The lowest BCUT2D eigenvalue weighted by Gasteiger charge is -2.16. The van der Waals surface area contributed by atoms with Gasteiger partial charge < -0.3 is 10.5 Å². The number of hydrogen-bond acceptors (Lipinski definition) is 3. The van der Waals surface area contributed by atoms with Gasteiger partial charge in [-0.3, -0.25) is 4.99 Å². The number of nitrogens with zero attached hydrogens (tertiary/aromatic N) is 1. The summed E-state index contributed by atoms with van der Waals surface area (Å²) < 4.78 is 5.23. The molecular weight excluding hydrogens is 128 g/mol. The Bertz CT molecular complexity index is 152. The number of nitrogens with two attached hydrogens (primary N) is 1. The molecule has 1 saturated heterocycles. The minimum Gasteiger partial charge on any atom is -0.478 e. The zero-order valence-corrected chi connectivity index (χ0v) is 6.13. The van der Waals surface area contributed by atoms with Crippen molar-refractivity contribution in [3.8, 4) is 0 Å². The van der Waals surface area contributed by atoms with Crippen molar-refractivity contribution in [1.82, 2.24) is 0 Å². The molecule has 0 radical (unpaired) electrons. The molecule has 0 atom stereocenters. The van der Waals surface area contributed by atoms with Crippen LogP contribution < -0.4 is 5.73 Å². The summed E-state index contributed by atoms with van der Waals surface area (Å²) in [4.78, 5) is 3.95. The van der Waals surface area contributed by atoms with E-state index in [-0.39, 0.29) is 0 Å². The Morgan fingerprint density at radius 3 is 3.00 bits per heavy atom. The summed E-state index contributed by atoms with van der Waals surface area (Å²) in [6.45, 7) is 0.768. The predicted octanol–water partition coefficient (Wildman–Crippen LogP) is 0.668. The highest BCUT2D eigenvalue weighted by atomic mass is 16.5. The first-order valence-corrected chi connectivity index (χ1v) is 3.39. The normalized spacial score (nSPS) is 26.9. The molecule has 0 aromatic rings. The highest BCUT2D eigenvalue weighted by Gasteiger charge is 2.12. The smallest absolute Gasteiger partial charge is 0.213 e. The zero-order chi connectivity index (χ0) is 7.40. The summed E-state index contributed by atoms with van der Waals surface area (Å²) >= 11 is 0. The van der Waals surface area contributed by atoms with Crippen LogP contribution in [0.15, 0.2) is 16.8 Å². The first-order chi connectivity index (χ1) is 4.88. The lowest BCUT2D eigenvalue weighted by Crippen LogP contribution is -2.16. The van der Waals surface area contributed by atoms with Crippen molar-refractivity contribution in [3.05, 3.63) is 11.8 Å². The molecule has 3 nitrogen and oxygen atoms in total. The molecule has 1 rings (SSSR count). The second-order valence-electron chi connectivity index (χ2n) is 2.17. The largest absolute Gasteiger partial charge is 0.478 e. The summed E-state index contributed by atoms with van der Waals surface area (Å²) in [5, 5.41) is 0. The molecular formula is C7H12N2O. The maximum atomic E-state index is 5.35. The average molecular weight is 140 g/mol. The monoisotopic (exact) mass is 140 g/mol. The molecule has 1 heterocycles. The standard InChI is InChI=1S/C7H12N2O/c1-9-7-6(5-8)3-2-4-10-7/h5H,2-4,8H2,1H3. The fraction of sp³-hybridized carbons (Fsp3) is 0.571. The van der Waals surface area contributed by atoms with Gasteiger partial charge in [0.15, 0.2) is 0 Å². The lowest BCUT2D eigenvalue weighted by atomic mass is 10.1. The second kappa shape index (κ2) is 3.25. The highest BCUT2D eigenvalue weighted by Crippen LogP contribution is 2.13. The molecule has 0 saturated carbocycles. The SMILES string of the molecule is CN=C1OCCCC1=CN. The fourth-order valence-electron chi connectivity index (χ4n) is 0.994. The van der Waals surface area contributed by atoms with Crippen LogP contribution in [0.4, 0.5) is 0 Å². The van der Waals surface area contributed by atoms with Crippen molar-refractivity contribution < 1.29 is 4.74 Å².